The highest BCUT2D eigenvalue weighted by Crippen LogP contribution is 2.27. The summed E-state index contributed by atoms with van der Waals surface area (Å²) in [6.45, 7) is 10.7. The molecule has 0 bridgehead atoms. The van der Waals surface area contributed by atoms with E-state index in [1.54, 1.807) is 0 Å². The number of rotatable bonds is 3. The maximum Gasteiger partial charge on any atom is 0.106 e. The van der Waals surface area contributed by atoms with Crippen LogP contribution in [0.2, 0.25) is 0 Å². The molecule has 1 aliphatic heterocycles. The first kappa shape index (κ1) is 14.3. The van der Waals surface area contributed by atoms with Crippen LogP contribution >= 0.6 is 0 Å². The molecule has 3 rings (SSSR count). The van der Waals surface area contributed by atoms with Gasteiger partial charge in [-0.25, -0.2) is 4.98 Å². The van der Waals surface area contributed by atoms with Crippen LogP contribution in [-0.2, 0) is 13.0 Å². The monoisotopic (exact) mass is 283 g/mol. The maximum atomic E-state index is 4.65. The van der Waals surface area contributed by atoms with Crippen LogP contribution in [0, 0.1) is 27.7 Å². The molecule has 1 unspecified atom stereocenters. The van der Waals surface area contributed by atoms with Gasteiger partial charge in [-0.05, 0) is 51.7 Å². The Bertz CT molecular complexity index is 655. The lowest BCUT2D eigenvalue weighted by Crippen LogP contribution is -2.34. The van der Waals surface area contributed by atoms with E-state index in [1.165, 1.54) is 28.1 Å². The minimum absolute atomic E-state index is 0.431. The van der Waals surface area contributed by atoms with Crippen molar-refractivity contribution in [3.8, 4) is 0 Å². The first-order chi connectivity index (χ1) is 10.1. The Labute approximate surface area is 127 Å². The second-order valence-corrected chi connectivity index (χ2v) is 6.26. The molecule has 3 heteroatoms. The lowest BCUT2D eigenvalue weighted by atomic mass is 9.97. The van der Waals surface area contributed by atoms with Crippen LogP contribution in [0.5, 0.6) is 0 Å². The van der Waals surface area contributed by atoms with Crippen molar-refractivity contribution < 1.29 is 0 Å². The van der Waals surface area contributed by atoms with Crippen molar-refractivity contribution in [2.75, 3.05) is 6.54 Å². The molecule has 1 aliphatic rings. The largest absolute Gasteiger partial charge is 0.329 e. The van der Waals surface area contributed by atoms with Gasteiger partial charge in [-0.3, -0.25) is 0 Å². The standard InChI is InChI=1S/C18H25N3/c1-12-5-6-16(13(2)11-12)7-8-17-18-14(3)20-15(4)21(18)10-9-19-17/h5-6,11,17,19H,7-10H2,1-4H3. The van der Waals surface area contributed by atoms with Gasteiger partial charge in [-0.1, -0.05) is 23.8 Å². The van der Waals surface area contributed by atoms with Crippen molar-refractivity contribution in [2.45, 2.75) is 53.1 Å². The molecule has 0 saturated carbocycles. The minimum Gasteiger partial charge on any atom is -0.329 e. The van der Waals surface area contributed by atoms with E-state index in [2.05, 4.69) is 60.8 Å². The molecule has 0 saturated heterocycles. The van der Waals surface area contributed by atoms with Gasteiger partial charge in [0.25, 0.3) is 0 Å². The van der Waals surface area contributed by atoms with Gasteiger partial charge in [0, 0.05) is 19.1 Å². The number of aromatic nitrogens is 2. The van der Waals surface area contributed by atoms with Crippen LogP contribution in [0.25, 0.3) is 0 Å². The Morgan fingerprint density at radius 1 is 1.24 bits per heavy atom. The second kappa shape index (κ2) is 5.64. The fourth-order valence-electron chi connectivity index (χ4n) is 3.56. The second-order valence-electron chi connectivity index (χ2n) is 6.26. The van der Waals surface area contributed by atoms with Crippen LogP contribution in [-0.4, -0.2) is 16.1 Å². The lowest BCUT2D eigenvalue weighted by Gasteiger charge is -2.27. The molecule has 0 aliphatic carbocycles. The summed E-state index contributed by atoms with van der Waals surface area (Å²) in [6, 6.07) is 7.21. The third kappa shape index (κ3) is 2.75. The molecule has 1 atom stereocenters. The zero-order valence-electron chi connectivity index (χ0n) is 13.5. The van der Waals surface area contributed by atoms with E-state index < -0.39 is 0 Å². The smallest absolute Gasteiger partial charge is 0.106 e. The first-order valence-corrected chi connectivity index (χ1v) is 7.89. The van der Waals surface area contributed by atoms with Gasteiger partial charge in [0.1, 0.15) is 5.82 Å². The average molecular weight is 283 g/mol. The van der Waals surface area contributed by atoms with Crippen molar-refractivity contribution in [3.05, 3.63) is 52.1 Å². The van der Waals surface area contributed by atoms with E-state index in [1.807, 2.05) is 0 Å². The zero-order chi connectivity index (χ0) is 15.0. The molecular weight excluding hydrogens is 258 g/mol. The molecule has 1 aromatic heterocycles. The Balaban J connectivity index is 1.78. The van der Waals surface area contributed by atoms with E-state index in [4.69, 9.17) is 0 Å². The molecule has 2 heterocycles. The number of imidazole rings is 1. The molecule has 2 aromatic rings. The highest BCUT2D eigenvalue weighted by molar-refractivity contribution is 5.31. The van der Waals surface area contributed by atoms with Crippen LogP contribution in [0.15, 0.2) is 18.2 Å². The zero-order valence-corrected chi connectivity index (χ0v) is 13.5. The van der Waals surface area contributed by atoms with Crippen molar-refractivity contribution in [1.82, 2.24) is 14.9 Å². The summed E-state index contributed by atoms with van der Waals surface area (Å²) in [5.41, 5.74) is 6.80. The van der Waals surface area contributed by atoms with Crippen LogP contribution in [0.3, 0.4) is 0 Å². The quantitative estimate of drug-likeness (QED) is 0.935. The third-order valence-electron chi connectivity index (χ3n) is 4.64. The number of benzene rings is 1. The number of hydrogen-bond acceptors (Lipinski definition) is 2. The fourth-order valence-corrected chi connectivity index (χ4v) is 3.56. The van der Waals surface area contributed by atoms with Crippen molar-refractivity contribution in [2.24, 2.45) is 0 Å². The van der Waals surface area contributed by atoms with E-state index in [0.717, 1.165) is 31.8 Å². The Morgan fingerprint density at radius 3 is 2.81 bits per heavy atom. The van der Waals surface area contributed by atoms with Crippen molar-refractivity contribution in [3.63, 3.8) is 0 Å². The number of fused-ring (bicyclic) bond motifs is 1. The van der Waals surface area contributed by atoms with Gasteiger partial charge in [0.05, 0.1) is 11.4 Å². The van der Waals surface area contributed by atoms with E-state index in [9.17, 15) is 0 Å². The predicted octanol–water partition coefficient (Wildman–Crippen LogP) is 3.39. The SMILES string of the molecule is Cc1ccc(CCC2NCCn3c(C)nc(C)c32)c(C)c1. The van der Waals surface area contributed by atoms with Gasteiger partial charge in [-0.2, -0.15) is 0 Å². The molecule has 3 nitrogen and oxygen atoms in total. The summed E-state index contributed by atoms with van der Waals surface area (Å²) < 4.78 is 2.39. The molecule has 1 aromatic carbocycles. The summed E-state index contributed by atoms with van der Waals surface area (Å²) in [5, 5.41) is 3.67. The third-order valence-corrected chi connectivity index (χ3v) is 4.64. The molecule has 1 N–H and O–H groups in total. The number of nitrogens with one attached hydrogen (secondary N) is 1. The van der Waals surface area contributed by atoms with Gasteiger partial charge >= 0.3 is 0 Å². The van der Waals surface area contributed by atoms with Crippen LogP contribution < -0.4 is 5.32 Å². The average Bonchev–Trinajstić information content (AvgIpc) is 2.74. The predicted molar refractivity (Wildman–Crippen MR) is 86.7 cm³/mol. The normalized spacial score (nSPS) is 17.8. The molecule has 0 fully saturated rings. The Hall–Kier alpha value is -1.61. The van der Waals surface area contributed by atoms with Gasteiger partial charge in [0.15, 0.2) is 0 Å². The number of hydrogen-bond donors (Lipinski definition) is 1. The van der Waals surface area contributed by atoms with Crippen LogP contribution in [0.1, 0.15) is 46.4 Å². The minimum atomic E-state index is 0.431. The van der Waals surface area contributed by atoms with Gasteiger partial charge in [0.2, 0.25) is 0 Å². The van der Waals surface area contributed by atoms with E-state index in [0.29, 0.717) is 6.04 Å². The van der Waals surface area contributed by atoms with Crippen molar-refractivity contribution >= 4 is 0 Å². The van der Waals surface area contributed by atoms with E-state index >= 15 is 0 Å². The molecule has 21 heavy (non-hydrogen) atoms. The molecule has 0 amide bonds. The summed E-state index contributed by atoms with van der Waals surface area (Å²) in [6.07, 6.45) is 2.25. The lowest BCUT2D eigenvalue weighted by molar-refractivity contribution is 0.400. The topological polar surface area (TPSA) is 29.9 Å². The summed E-state index contributed by atoms with van der Waals surface area (Å²) in [4.78, 5) is 4.65. The molecular formula is C18H25N3. The summed E-state index contributed by atoms with van der Waals surface area (Å²) in [7, 11) is 0. The van der Waals surface area contributed by atoms with Crippen molar-refractivity contribution in [1.29, 1.82) is 0 Å². The number of aryl methyl sites for hydroxylation is 5. The highest BCUT2D eigenvalue weighted by atomic mass is 15.2. The number of nitrogens with zero attached hydrogens (tertiary/aromatic N) is 2. The maximum absolute atomic E-state index is 4.65. The summed E-state index contributed by atoms with van der Waals surface area (Å²) >= 11 is 0. The highest BCUT2D eigenvalue weighted by Gasteiger charge is 2.24. The molecule has 0 spiro atoms. The Morgan fingerprint density at radius 2 is 2.05 bits per heavy atom. The first-order valence-electron chi connectivity index (χ1n) is 7.89. The van der Waals surface area contributed by atoms with E-state index in [-0.39, 0.29) is 0 Å². The molecule has 0 radical (unpaired) electrons. The fraction of sp³-hybridized carbons (Fsp3) is 0.500. The Kier molecular flexibility index (Phi) is 3.85. The van der Waals surface area contributed by atoms with Crippen LogP contribution in [0.4, 0.5) is 0 Å². The molecule has 112 valence electrons. The summed E-state index contributed by atoms with van der Waals surface area (Å²) in [5.74, 6) is 1.15. The van der Waals surface area contributed by atoms with Gasteiger partial charge < -0.3 is 9.88 Å². The van der Waals surface area contributed by atoms with Gasteiger partial charge in [-0.15, -0.1) is 0 Å².